The molecule has 2 aromatic heterocycles. The molecule has 4 N–H and O–H groups in total. The summed E-state index contributed by atoms with van der Waals surface area (Å²) in [6, 6.07) is 1.95. The number of nitrogens with one attached hydrogen (secondary N) is 2. The fraction of sp³-hybridized carbons (Fsp3) is 0.400. The van der Waals surface area contributed by atoms with Crippen molar-refractivity contribution in [1.29, 1.82) is 0 Å². The van der Waals surface area contributed by atoms with Crippen LogP contribution in [0.2, 0.25) is 0 Å². The number of aromatic nitrogens is 5. The highest BCUT2D eigenvalue weighted by Crippen LogP contribution is 2.39. The third-order valence-electron chi connectivity index (χ3n) is 2.72. The molecule has 0 spiro atoms. The molecule has 0 aromatic carbocycles. The number of carbonyl (C=O) groups excluding carboxylic acids is 1. The van der Waals surface area contributed by atoms with Crippen LogP contribution in [-0.2, 0) is 11.2 Å². The number of hydrogen-bond acceptors (Lipinski definition) is 4. The highest BCUT2D eigenvalue weighted by Gasteiger charge is 2.26. The number of carbonyl (C=O) groups is 1. The van der Waals surface area contributed by atoms with E-state index in [-0.39, 0.29) is 6.42 Å². The molecule has 0 radical (unpaired) electrons. The van der Waals surface area contributed by atoms with Crippen molar-refractivity contribution in [2.75, 3.05) is 0 Å². The quantitative estimate of drug-likeness (QED) is 0.693. The van der Waals surface area contributed by atoms with Crippen molar-refractivity contribution in [2.24, 2.45) is 5.73 Å². The molecule has 17 heavy (non-hydrogen) atoms. The summed E-state index contributed by atoms with van der Waals surface area (Å²) >= 11 is 0. The average Bonchev–Trinajstić information content (AvgIpc) is 2.84. The summed E-state index contributed by atoms with van der Waals surface area (Å²) in [5.41, 5.74) is 6.90. The van der Waals surface area contributed by atoms with Crippen molar-refractivity contribution in [3.8, 4) is 11.5 Å². The van der Waals surface area contributed by atoms with Crippen molar-refractivity contribution >= 4 is 5.91 Å². The van der Waals surface area contributed by atoms with Gasteiger partial charge in [-0.25, -0.2) is 4.98 Å². The zero-order chi connectivity index (χ0) is 11.8. The van der Waals surface area contributed by atoms with Crippen LogP contribution in [0.25, 0.3) is 11.5 Å². The molecule has 0 aliphatic heterocycles. The monoisotopic (exact) mass is 232 g/mol. The van der Waals surface area contributed by atoms with E-state index in [2.05, 4.69) is 25.4 Å². The maximum atomic E-state index is 10.7. The van der Waals surface area contributed by atoms with Gasteiger partial charge in [-0.1, -0.05) is 0 Å². The van der Waals surface area contributed by atoms with Crippen LogP contribution in [0.5, 0.6) is 0 Å². The third-order valence-corrected chi connectivity index (χ3v) is 2.72. The second-order valence-electron chi connectivity index (χ2n) is 4.23. The summed E-state index contributed by atoms with van der Waals surface area (Å²) in [7, 11) is 0. The fourth-order valence-corrected chi connectivity index (χ4v) is 1.71. The molecule has 0 saturated heterocycles. The maximum Gasteiger partial charge on any atom is 0.225 e. The Bertz CT molecular complexity index is 553. The summed E-state index contributed by atoms with van der Waals surface area (Å²) in [4.78, 5) is 14.9. The normalized spacial score (nSPS) is 15.1. The molecule has 0 atom stereocenters. The second kappa shape index (κ2) is 3.69. The van der Waals surface area contributed by atoms with Crippen LogP contribution in [0.4, 0.5) is 0 Å². The van der Waals surface area contributed by atoms with Gasteiger partial charge in [0.25, 0.3) is 0 Å². The van der Waals surface area contributed by atoms with Gasteiger partial charge in [0.1, 0.15) is 11.5 Å². The first kappa shape index (κ1) is 10.0. The van der Waals surface area contributed by atoms with Crippen LogP contribution < -0.4 is 5.73 Å². The number of rotatable bonds is 4. The Morgan fingerprint density at radius 3 is 2.94 bits per heavy atom. The predicted molar refractivity (Wildman–Crippen MR) is 58.8 cm³/mol. The van der Waals surface area contributed by atoms with E-state index in [4.69, 9.17) is 5.73 Å². The first-order chi connectivity index (χ1) is 8.22. The molecule has 88 valence electrons. The smallest absolute Gasteiger partial charge is 0.225 e. The highest BCUT2D eigenvalue weighted by molar-refractivity contribution is 5.75. The number of H-pyrrole nitrogens is 2. The van der Waals surface area contributed by atoms with E-state index in [9.17, 15) is 4.79 Å². The van der Waals surface area contributed by atoms with Gasteiger partial charge in [-0.15, -0.1) is 0 Å². The fourth-order valence-electron chi connectivity index (χ4n) is 1.71. The Kier molecular flexibility index (Phi) is 2.17. The number of nitrogens with two attached hydrogens (primary N) is 1. The maximum absolute atomic E-state index is 10.7. The largest absolute Gasteiger partial charge is 0.369 e. The summed E-state index contributed by atoms with van der Waals surface area (Å²) in [5, 5.41) is 13.8. The van der Waals surface area contributed by atoms with E-state index in [1.807, 2.05) is 6.07 Å². The van der Waals surface area contributed by atoms with Gasteiger partial charge in [0, 0.05) is 11.6 Å². The van der Waals surface area contributed by atoms with E-state index >= 15 is 0 Å². The van der Waals surface area contributed by atoms with E-state index in [0.29, 0.717) is 23.3 Å². The first-order valence-electron chi connectivity index (χ1n) is 5.47. The summed E-state index contributed by atoms with van der Waals surface area (Å²) in [6.07, 6.45) is 2.48. The Morgan fingerprint density at radius 2 is 2.24 bits per heavy atom. The predicted octanol–water partition coefficient (Wildman–Crippen LogP) is 0.1000. The summed E-state index contributed by atoms with van der Waals surface area (Å²) < 4.78 is 0. The lowest BCUT2D eigenvalue weighted by Crippen LogP contribution is -2.14. The first-order valence-corrected chi connectivity index (χ1v) is 5.47. The van der Waals surface area contributed by atoms with Crippen LogP contribution >= 0.6 is 0 Å². The zero-order valence-electron chi connectivity index (χ0n) is 9.10. The van der Waals surface area contributed by atoms with Crippen molar-refractivity contribution in [1.82, 2.24) is 25.4 Å². The number of aromatic amines is 2. The highest BCUT2D eigenvalue weighted by atomic mass is 16.1. The van der Waals surface area contributed by atoms with Gasteiger partial charge in [-0.2, -0.15) is 10.2 Å². The standard InChI is InChI=1S/C10H12N6O/c11-8(17)4-9-12-10(16-15-9)7-3-6(13-14-7)5-1-2-5/h3,5H,1-2,4H2,(H2,11,17)(H,13,14)(H,12,15,16). The van der Waals surface area contributed by atoms with E-state index in [0.717, 1.165) is 5.69 Å². The molecule has 1 amide bonds. The van der Waals surface area contributed by atoms with Gasteiger partial charge < -0.3 is 5.73 Å². The van der Waals surface area contributed by atoms with E-state index < -0.39 is 5.91 Å². The van der Waals surface area contributed by atoms with Crippen LogP contribution in [0.3, 0.4) is 0 Å². The third kappa shape index (κ3) is 2.03. The molecule has 1 saturated carbocycles. The second-order valence-corrected chi connectivity index (χ2v) is 4.23. The lowest BCUT2D eigenvalue weighted by atomic mass is 10.2. The molecule has 0 unspecified atom stereocenters. The van der Waals surface area contributed by atoms with E-state index in [1.54, 1.807) is 0 Å². The van der Waals surface area contributed by atoms with Gasteiger partial charge in [0.2, 0.25) is 11.7 Å². The van der Waals surface area contributed by atoms with Gasteiger partial charge >= 0.3 is 0 Å². The number of amides is 1. The molecular weight excluding hydrogens is 220 g/mol. The minimum Gasteiger partial charge on any atom is -0.369 e. The Balaban J connectivity index is 1.81. The molecule has 2 heterocycles. The van der Waals surface area contributed by atoms with Crippen molar-refractivity contribution in [2.45, 2.75) is 25.2 Å². The molecule has 0 bridgehead atoms. The topological polar surface area (TPSA) is 113 Å². The Hall–Kier alpha value is -2.18. The molecule has 3 rings (SSSR count). The lowest BCUT2D eigenvalue weighted by molar-refractivity contribution is -0.117. The zero-order valence-corrected chi connectivity index (χ0v) is 9.10. The molecule has 7 nitrogen and oxygen atoms in total. The van der Waals surface area contributed by atoms with Crippen LogP contribution in [0, 0.1) is 0 Å². The van der Waals surface area contributed by atoms with Crippen LogP contribution in [-0.4, -0.2) is 31.3 Å². The molecule has 1 aliphatic rings. The minimum atomic E-state index is -0.437. The molecule has 1 aliphatic carbocycles. The molecular formula is C10H12N6O. The van der Waals surface area contributed by atoms with Crippen molar-refractivity contribution in [3.05, 3.63) is 17.6 Å². The molecule has 2 aromatic rings. The van der Waals surface area contributed by atoms with Crippen molar-refractivity contribution < 1.29 is 4.79 Å². The Morgan fingerprint density at radius 1 is 1.41 bits per heavy atom. The van der Waals surface area contributed by atoms with Crippen molar-refractivity contribution in [3.63, 3.8) is 0 Å². The number of primary amides is 1. The van der Waals surface area contributed by atoms with Crippen LogP contribution in [0.1, 0.15) is 30.3 Å². The molecule has 1 fully saturated rings. The lowest BCUT2D eigenvalue weighted by Gasteiger charge is -1.87. The molecule has 7 heteroatoms. The Labute approximate surface area is 96.8 Å². The number of nitrogens with zero attached hydrogens (tertiary/aromatic N) is 3. The van der Waals surface area contributed by atoms with Gasteiger partial charge in [0.05, 0.1) is 6.42 Å². The van der Waals surface area contributed by atoms with Gasteiger partial charge in [-0.3, -0.25) is 15.0 Å². The van der Waals surface area contributed by atoms with Crippen LogP contribution in [0.15, 0.2) is 6.07 Å². The summed E-state index contributed by atoms with van der Waals surface area (Å²) in [6.45, 7) is 0. The summed E-state index contributed by atoms with van der Waals surface area (Å²) in [5.74, 6) is 1.13. The van der Waals surface area contributed by atoms with E-state index in [1.165, 1.54) is 12.8 Å². The number of hydrogen-bond donors (Lipinski definition) is 3. The SMILES string of the molecule is NC(=O)Cc1nc(-c2cc(C3CC3)[nH]n2)n[nH]1. The minimum absolute atomic E-state index is 0.0624. The van der Waals surface area contributed by atoms with Gasteiger partial charge in [0.15, 0.2) is 0 Å². The van der Waals surface area contributed by atoms with Gasteiger partial charge in [-0.05, 0) is 18.9 Å². The average molecular weight is 232 g/mol.